The highest BCUT2D eigenvalue weighted by molar-refractivity contribution is 7.25. The zero-order chi connectivity index (χ0) is 27.2. The number of benzene rings is 6. The Bertz CT molecular complexity index is 2140. The summed E-state index contributed by atoms with van der Waals surface area (Å²) < 4.78 is 2.49. The molecule has 0 aliphatic rings. The van der Waals surface area contributed by atoms with Crippen molar-refractivity contribution in [1.82, 2.24) is 15.0 Å². The maximum absolute atomic E-state index is 4.93. The molecule has 0 spiro atoms. The zero-order valence-electron chi connectivity index (χ0n) is 22.0. The zero-order valence-corrected chi connectivity index (χ0v) is 22.8. The number of hydrogen-bond acceptors (Lipinski definition) is 4. The minimum absolute atomic E-state index is 0.672. The largest absolute Gasteiger partial charge is 0.208 e. The molecule has 0 saturated carbocycles. The number of thiophene rings is 1. The standard InChI is InChI=1S/C37H23N3S/c1-3-11-25(12-4-1)35-38-36(26-13-5-2-6-14-26)40-37(39-35)28-18-20-31-32-22-27(19-21-33(32)41-34(31)23-28)30-17-9-15-24-10-7-8-16-29(24)30/h1-23H. The van der Waals surface area contributed by atoms with Crippen LogP contribution in [0.2, 0.25) is 0 Å². The van der Waals surface area contributed by atoms with Crippen molar-refractivity contribution in [2.45, 2.75) is 0 Å². The van der Waals surface area contributed by atoms with E-state index in [1.165, 1.54) is 42.1 Å². The second-order valence-electron chi connectivity index (χ2n) is 10.1. The van der Waals surface area contributed by atoms with Gasteiger partial charge in [-0.25, -0.2) is 15.0 Å². The van der Waals surface area contributed by atoms with Gasteiger partial charge in [-0.15, -0.1) is 11.3 Å². The van der Waals surface area contributed by atoms with Crippen LogP contribution in [-0.4, -0.2) is 15.0 Å². The van der Waals surface area contributed by atoms with Crippen LogP contribution in [0.4, 0.5) is 0 Å². The van der Waals surface area contributed by atoms with Crippen LogP contribution < -0.4 is 0 Å². The molecule has 6 aromatic carbocycles. The number of rotatable bonds is 4. The maximum Gasteiger partial charge on any atom is 0.164 e. The molecule has 0 aliphatic heterocycles. The highest BCUT2D eigenvalue weighted by atomic mass is 32.1. The average Bonchev–Trinajstić information content (AvgIpc) is 3.42. The monoisotopic (exact) mass is 541 g/mol. The summed E-state index contributed by atoms with van der Waals surface area (Å²) in [5, 5.41) is 5.05. The molecule has 8 aromatic rings. The Kier molecular flexibility index (Phi) is 5.64. The Labute approximate surface area is 241 Å². The lowest BCUT2D eigenvalue weighted by molar-refractivity contribution is 1.07. The molecule has 0 amide bonds. The quantitative estimate of drug-likeness (QED) is 0.222. The van der Waals surface area contributed by atoms with E-state index in [1.807, 2.05) is 72.0 Å². The van der Waals surface area contributed by atoms with Gasteiger partial charge in [0.15, 0.2) is 17.5 Å². The van der Waals surface area contributed by atoms with Gasteiger partial charge in [-0.2, -0.15) is 0 Å². The third-order valence-electron chi connectivity index (χ3n) is 7.53. The molecular formula is C37H23N3S. The number of nitrogens with zero attached hydrogens (tertiary/aromatic N) is 3. The Hall–Kier alpha value is -5.19. The van der Waals surface area contributed by atoms with Crippen molar-refractivity contribution in [3.63, 3.8) is 0 Å². The molecule has 2 heterocycles. The van der Waals surface area contributed by atoms with Crippen LogP contribution in [0.15, 0.2) is 140 Å². The van der Waals surface area contributed by atoms with Gasteiger partial charge in [0.1, 0.15) is 0 Å². The first-order valence-corrected chi connectivity index (χ1v) is 14.4. The van der Waals surface area contributed by atoms with Crippen molar-refractivity contribution < 1.29 is 0 Å². The van der Waals surface area contributed by atoms with Gasteiger partial charge in [0.25, 0.3) is 0 Å². The molecule has 0 atom stereocenters. The van der Waals surface area contributed by atoms with E-state index < -0.39 is 0 Å². The smallest absolute Gasteiger partial charge is 0.164 e. The van der Waals surface area contributed by atoms with Gasteiger partial charge in [0, 0.05) is 36.9 Å². The van der Waals surface area contributed by atoms with E-state index in [2.05, 4.69) is 78.9 Å². The van der Waals surface area contributed by atoms with Gasteiger partial charge in [-0.05, 0) is 40.1 Å². The number of hydrogen-bond donors (Lipinski definition) is 0. The summed E-state index contributed by atoms with van der Waals surface area (Å²) in [6.07, 6.45) is 0. The lowest BCUT2D eigenvalue weighted by Crippen LogP contribution is -1.99. The first-order valence-electron chi connectivity index (χ1n) is 13.6. The van der Waals surface area contributed by atoms with Crippen molar-refractivity contribution in [3.8, 4) is 45.3 Å². The van der Waals surface area contributed by atoms with Gasteiger partial charge in [-0.1, -0.05) is 121 Å². The highest BCUT2D eigenvalue weighted by Crippen LogP contribution is 2.39. The number of aromatic nitrogens is 3. The Balaban J connectivity index is 1.26. The van der Waals surface area contributed by atoms with Crippen molar-refractivity contribution in [3.05, 3.63) is 140 Å². The first kappa shape index (κ1) is 23.7. The minimum atomic E-state index is 0.672. The third kappa shape index (κ3) is 4.26. The molecule has 41 heavy (non-hydrogen) atoms. The molecule has 2 aromatic heterocycles. The summed E-state index contributed by atoms with van der Waals surface area (Å²) in [4.78, 5) is 14.7. The van der Waals surface area contributed by atoms with Crippen molar-refractivity contribution in [1.29, 1.82) is 0 Å². The summed E-state index contributed by atoms with van der Waals surface area (Å²) >= 11 is 1.81. The van der Waals surface area contributed by atoms with Crippen LogP contribution >= 0.6 is 11.3 Å². The molecular weight excluding hydrogens is 518 g/mol. The molecule has 4 heteroatoms. The van der Waals surface area contributed by atoms with Crippen molar-refractivity contribution in [2.75, 3.05) is 0 Å². The SMILES string of the molecule is c1ccc(-c2nc(-c3ccccc3)nc(-c3ccc4c(c3)sc3ccc(-c5cccc6ccccc56)cc34)n2)cc1. The highest BCUT2D eigenvalue weighted by Gasteiger charge is 2.14. The fraction of sp³-hybridized carbons (Fsp3) is 0. The van der Waals surface area contributed by atoms with E-state index in [4.69, 9.17) is 15.0 Å². The molecule has 0 saturated heterocycles. The lowest BCUT2D eigenvalue weighted by atomic mass is 9.97. The lowest BCUT2D eigenvalue weighted by Gasteiger charge is -2.08. The van der Waals surface area contributed by atoms with Gasteiger partial charge >= 0.3 is 0 Å². The summed E-state index contributed by atoms with van der Waals surface area (Å²) in [6, 6.07) is 48.7. The third-order valence-corrected chi connectivity index (χ3v) is 8.66. The van der Waals surface area contributed by atoms with Crippen molar-refractivity contribution in [2.24, 2.45) is 0 Å². The number of fused-ring (bicyclic) bond motifs is 4. The normalized spacial score (nSPS) is 11.4. The van der Waals surface area contributed by atoms with Gasteiger partial charge in [0.05, 0.1) is 0 Å². The van der Waals surface area contributed by atoms with Gasteiger partial charge in [0.2, 0.25) is 0 Å². The van der Waals surface area contributed by atoms with Crippen LogP contribution in [0, 0.1) is 0 Å². The molecule has 192 valence electrons. The van der Waals surface area contributed by atoms with Crippen molar-refractivity contribution >= 4 is 42.3 Å². The first-order chi connectivity index (χ1) is 20.3. The van der Waals surface area contributed by atoms with E-state index in [-0.39, 0.29) is 0 Å². The fourth-order valence-corrected chi connectivity index (χ4v) is 6.62. The minimum Gasteiger partial charge on any atom is -0.208 e. The van der Waals surface area contributed by atoms with E-state index in [0.717, 1.165) is 16.7 Å². The second-order valence-corrected chi connectivity index (χ2v) is 11.2. The van der Waals surface area contributed by atoms with Crippen LogP contribution in [0.5, 0.6) is 0 Å². The van der Waals surface area contributed by atoms with E-state index in [0.29, 0.717) is 17.5 Å². The molecule has 0 unspecified atom stereocenters. The Morgan fingerprint density at radius 3 is 1.71 bits per heavy atom. The summed E-state index contributed by atoms with van der Waals surface area (Å²) in [5.41, 5.74) is 5.41. The van der Waals surface area contributed by atoms with Gasteiger partial charge in [-0.3, -0.25) is 0 Å². The van der Waals surface area contributed by atoms with Crippen LogP contribution in [-0.2, 0) is 0 Å². The summed E-state index contributed by atoms with van der Waals surface area (Å²) in [5.74, 6) is 2.02. The molecule has 0 bridgehead atoms. The van der Waals surface area contributed by atoms with E-state index >= 15 is 0 Å². The average molecular weight is 542 g/mol. The Morgan fingerprint density at radius 1 is 0.366 bits per heavy atom. The van der Waals surface area contributed by atoms with Crippen LogP contribution in [0.1, 0.15) is 0 Å². The topological polar surface area (TPSA) is 38.7 Å². The predicted octanol–water partition coefficient (Wildman–Crippen LogP) is 10.1. The molecule has 8 rings (SSSR count). The predicted molar refractivity (Wildman–Crippen MR) is 172 cm³/mol. The molecule has 0 aliphatic carbocycles. The Morgan fingerprint density at radius 2 is 0.976 bits per heavy atom. The van der Waals surface area contributed by atoms with Crippen LogP contribution in [0.25, 0.3) is 76.2 Å². The van der Waals surface area contributed by atoms with Gasteiger partial charge < -0.3 is 0 Å². The van der Waals surface area contributed by atoms with E-state index in [1.54, 1.807) is 0 Å². The van der Waals surface area contributed by atoms with E-state index in [9.17, 15) is 0 Å². The molecule has 0 N–H and O–H groups in total. The van der Waals surface area contributed by atoms with Crippen LogP contribution in [0.3, 0.4) is 0 Å². The second kappa shape index (κ2) is 9.77. The molecule has 3 nitrogen and oxygen atoms in total. The molecule has 0 radical (unpaired) electrons. The fourth-order valence-electron chi connectivity index (χ4n) is 5.50. The maximum atomic E-state index is 4.93. The summed E-state index contributed by atoms with van der Waals surface area (Å²) in [7, 11) is 0. The molecule has 0 fully saturated rings. The summed E-state index contributed by atoms with van der Waals surface area (Å²) in [6.45, 7) is 0.